The van der Waals surface area contributed by atoms with Crippen LogP contribution in [0.15, 0.2) is 42.5 Å². The molecule has 0 bridgehead atoms. The Balaban J connectivity index is 2.51. The van der Waals surface area contributed by atoms with Gasteiger partial charge in [-0.25, -0.2) is 8.42 Å². The minimum absolute atomic E-state index is 0.182. The number of nitrogens with one attached hydrogen (secondary N) is 1. The molecule has 0 radical (unpaired) electrons. The molecule has 0 heterocycles. The first-order valence-electron chi connectivity index (χ1n) is 12.1. The lowest BCUT2D eigenvalue weighted by atomic mass is 10.1. The second-order valence-electron chi connectivity index (χ2n) is 9.46. The maximum atomic E-state index is 13.8. The van der Waals surface area contributed by atoms with Crippen molar-refractivity contribution < 1.29 is 22.7 Å². The van der Waals surface area contributed by atoms with E-state index in [2.05, 4.69) is 5.32 Å². The molecule has 0 aliphatic heterocycles. The van der Waals surface area contributed by atoms with Crippen molar-refractivity contribution in [3.8, 4) is 5.75 Å². The monoisotopic (exact) mass is 517 g/mol. The SMILES string of the molecule is CC[C@H](C(=O)NCC(C)C)N(Cc1ccccc1C)C(=O)CN(c1cc(C)ccc1OC)S(C)(=O)=O. The Labute approximate surface area is 215 Å². The molecule has 0 fully saturated rings. The van der Waals surface area contributed by atoms with Gasteiger partial charge in [0.05, 0.1) is 19.1 Å². The third kappa shape index (κ3) is 7.71. The van der Waals surface area contributed by atoms with Gasteiger partial charge in [0.2, 0.25) is 21.8 Å². The van der Waals surface area contributed by atoms with Gasteiger partial charge in [0.15, 0.2) is 0 Å². The average Bonchev–Trinajstić information content (AvgIpc) is 2.81. The summed E-state index contributed by atoms with van der Waals surface area (Å²) in [4.78, 5) is 28.4. The van der Waals surface area contributed by atoms with Gasteiger partial charge in [0, 0.05) is 13.1 Å². The second-order valence-corrected chi connectivity index (χ2v) is 11.4. The molecule has 8 nitrogen and oxygen atoms in total. The first kappa shape index (κ1) is 29.2. The van der Waals surface area contributed by atoms with Gasteiger partial charge in [-0.05, 0) is 55.0 Å². The number of benzene rings is 2. The molecule has 1 atom stereocenters. The van der Waals surface area contributed by atoms with E-state index in [-0.39, 0.29) is 24.1 Å². The molecule has 0 unspecified atom stereocenters. The molecule has 0 saturated heterocycles. The minimum atomic E-state index is -3.85. The van der Waals surface area contributed by atoms with E-state index in [0.29, 0.717) is 18.7 Å². The zero-order valence-corrected chi connectivity index (χ0v) is 23.2. The third-order valence-electron chi connectivity index (χ3n) is 5.95. The van der Waals surface area contributed by atoms with E-state index in [1.54, 1.807) is 18.2 Å². The van der Waals surface area contributed by atoms with Crippen LogP contribution in [-0.4, -0.2) is 57.6 Å². The van der Waals surface area contributed by atoms with E-state index >= 15 is 0 Å². The number of hydrogen-bond donors (Lipinski definition) is 1. The molecule has 0 saturated carbocycles. The lowest BCUT2D eigenvalue weighted by Gasteiger charge is -2.33. The maximum Gasteiger partial charge on any atom is 0.244 e. The summed E-state index contributed by atoms with van der Waals surface area (Å²) in [5, 5.41) is 2.93. The van der Waals surface area contributed by atoms with Crippen molar-refractivity contribution in [2.45, 2.75) is 53.6 Å². The molecule has 0 spiro atoms. The number of rotatable bonds is 12. The van der Waals surface area contributed by atoms with Crippen LogP contribution in [-0.2, 0) is 26.2 Å². The van der Waals surface area contributed by atoms with Crippen LogP contribution in [0.3, 0.4) is 0 Å². The van der Waals surface area contributed by atoms with Crippen LogP contribution in [0.5, 0.6) is 5.75 Å². The number of nitrogens with zero attached hydrogens (tertiary/aromatic N) is 2. The number of hydrogen-bond acceptors (Lipinski definition) is 5. The van der Waals surface area contributed by atoms with Crippen molar-refractivity contribution in [2.24, 2.45) is 5.92 Å². The van der Waals surface area contributed by atoms with E-state index in [4.69, 9.17) is 4.74 Å². The van der Waals surface area contributed by atoms with Gasteiger partial charge in [-0.15, -0.1) is 0 Å². The Kier molecular flexibility index (Phi) is 10.3. The summed E-state index contributed by atoms with van der Waals surface area (Å²) in [6.07, 6.45) is 1.44. The van der Waals surface area contributed by atoms with Gasteiger partial charge >= 0.3 is 0 Å². The maximum absolute atomic E-state index is 13.8. The Morgan fingerprint density at radius 1 is 1.08 bits per heavy atom. The van der Waals surface area contributed by atoms with Crippen LogP contribution in [0.25, 0.3) is 0 Å². The number of aryl methyl sites for hydroxylation is 2. The fourth-order valence-electron chi connectivity index (χ4n) is 3.90. The van der Waals surface area contributed by atoms with Gasteiger partial charge in [-0.2, -0.15) is 0 Å². The van der Waals surface area contributed by atoms with Gasteiger partial charge in [0.1, 0.15) is 18.3 Å². The smallest absolute Gasteiger partial charge is 0.244 e. The summed E-state index contributed by atoms with van der Waals surface area (Å²) >= 11 is 0. The van der Waals surface area contributed by atoms with Crippen LogP contribution >= 0.6 is 0 Å². The number of carbonyl (C=O) groups is 2. The summed E-state index contributed by atoms with van der Waals surface area (Å²) < 4.78 is 32.1. The van der Waals surface area contributed by atoms with Crippen LogP contribution in [0, 0.1) is 19.8 Å². The van der Waals surface area contributed by atoms with E-state index in [1.165, 1.54) is 12.0 Å². The summed E-state index contributed by atoms with van der Waals surface area (Å²) in [5.74, 6) is -0.140. The van der Waals surface area contributed by atoms with Gasteiger partial charge < -0.3 is 15.0 Å². The number of carbonyl (C=O) groups excluding carboxylic acids is 2. The van der Waals surface area contributed by atoms with Crippen molar-refractivity contribution in [3.05, 3.63) is 59.2 Å². The van der Waals surface area contributed by atoms with E-state index in [1.807, 2.05) is 58.9 Å². The first-order valence-corrected chi connectivity index (χ1v) is 14.0. The van der Waals surface area contributed by atoms with E-state index in [0.717, 1.165) is 27.3 Å². The van der Waals surface area contributed by atoms with Crippen molar-refractivity contribution >= 4 is 27.5 Å². The number of methoxy groups -OCH3 is 1. The summed E-state index contributed by atoms with van der Waals surface area (Å²) in [6.45, 7) is 9.82. The lowest BCUT2D eigenvalue weighted by Crippen LogP contribution is -2.52. The van der Waals surface area contributed by atoms with Crippen molar-refractivity contribution in [3.63, 3.8) is 0 Å². The van der Waals surface area contributed by atoms with Gasteiger partial charge in [-0.3, -0.25) is 13.9 Å². The molecule has 0 aliphatic rings. The highest BCUT2D eigenvalue weighted by Crippen LogP contribution is 2.31. The second kappa shape index (κ2) is 12.8. The van der Waals surface area contributed by atoms with Crippen molar-refractivity contribution in [2.75, 3.05) is 30.8 Å². The fourth-order valence-corrected chi connectivity index (χ4v) is 4.75. The van der Waals surface area contributed by atoms with Crippen molar-refractivity contribution in [1.29, 1.82) is 0 Å². The van der Waals surface area contributed by atoms with Gasteiger partial charge in [-0.1, -0.05) is 51.1 Å². The molecule has 2 aromatic rings. The molecule has 0 aliphatic carbocycles. The molecule has 2 aromatic carbocycles. The summed E-state index contributed by atoms with van der Waals surface area (Å²) in [5.41, 5.74) is 2.97. The van der Waals surface area contributed by atoms with E-state index in [9.17, 15) is 18.0 Å². The Bertz CT molecular complexity index is 1160. The molecular formula is C27H39N3O5S. The highest BCUT2D eigenvalue weighted by molar-refractivity contribution is 7.92. The van der Waals surface area contributed by atoms with Gasteiger partial charge in [0.25, 0.3) is 0 Å². The number of sulfonamides is 1. The Morgan fingerprint density at radius 3 is 2.31 bits per heavy atom. The Hall–Kier alpha value is -3.07. The topological polar surface area (TPSA) is 96.0 Å². The van der Waals surface area contributed by atoms with Crippen molar-refractivity contribution in [1.82, 2.24) is 10.2 Å². The number of anilines is 1. The standard InChI is InChI=1S/C27H39N3O5S/c1-8-23(27(32)28-16-19(2)3)29(17-22-12-10-9-11-21(22)5)26(31)18-30(36(7,33)34)24-15-20(4)13-14-25(24)35-6/h9-15,19,23H,8,16-18H2,1-7H3,(H,28,32)/t23-/m1/s1. The Morgan fingerprint density at radius 2 is 1.75 bits per heavy atom. The predicted octanol–water partition coefficient (Wildman–Crippen LogP) is 3.66. The van der Waals surface area contributed by atoms with E-state index < -0.39 is 28.5 Å². The zero-order valence-electron chi connectivity index (χ0n) is 22.4. The third-order valence-corrected chi connectivity index (χ3v) is 7.08. The largest absolute Gasteiger partial charge is 0.495 e. The molecule has 1 N–H and O–H groups in total. The van der Waals surface area contributed by atoms with Crippen LogP contribution in [0.1, 0.15) is 43.9 Å². The summed E-state index contributed by atoms with van der Waals surface area (Å²) in [7, 11) is -2.39. The zero-order chi connectivity index (χ0) is 27.0. The van der Waals surface area contributed by atoms with Crippen LogP contribution in [0.4, 0.5) is 5.69 Å². The summed E-state index contributed by atoms with van der Waals surface area (Å²) in [6, 6.07) is 12.0. The molecule has 0 aromatic heterocycles. The molecule has 2 rings (SSSR count). The quantitative estimate of drug-likeness (QED) is 0.464. The molecule has 36 heavy (non-hydrogen) atoms. The van der Waals surface area contributed by atoms with Crippen LogP contribution < -0.4 is 14.4 Å². The normalized spacial score (nSPS) is 12.2. The molecule has 198 valence electrons. The minimum Gasteiger partial charge on any atom is -0.495 e. The first-order chi connectivity index (χ1) is 16.9. The van der Waals surface area contributed by atoms with Crippen LogP contribution in [0.2, 0.25) is 0 Å². The fraction of sp³-hybridized carbons (Fsp3) is 0.481. The lowest BCUT2D eigenvalue weighted by molar-refractivity contribution is -0.140. The highest BCUT2D eigenvalue weighted by Gasteiger charge is 2.32. The number of amides is 2. The molecule has 9 heteroatoms. The molecular weight excluding hydrogens is 478 g/mol. The number of ether oxygens (including phenoxy) is 1. The average molecular weight is 518 g/mol. The predicted molar refractivity (Wildman–Crippen MR) is 144 cm³/mol. The highest BCUT2D eigenvalue weighted by atomic mass is 32.2. The molecule has 2 amide bonds.